The Morgan fingerprint density at radius 2 is 1.75 bits per heavy atom. The molecule has 8 heteroatoms. The van der Waals surface area contributed by atoms with E-state index in [0.717, 1.165) is 48.1 Å². The van der Waals surface area contributed by atoms with Crippen LogP contribution < -0.4 is 10.6 Å². The highest BCUT2D eigenvalue weighted by atomic mass is 32.2. The lowest BCUT2D eigenvalue weighted by Gasteiger charge is -2.11. The van der Waals surface area contributed by atoms with Gasteiger partial charge in [0.25, 0.3) is 5.91 Å². The maximum Gasteiger partial charge on any atom is 0.341 e. The quantitative estimate of drug-likeness (QED) is 0.274. The Hall–Kier alpha value is -3.10. The summed E-state index contributed by atoms with van der Waals surface area (Å²) in [5.41, 5.74) is 3.75. The second kappa shape index (κ2) is 12.2. The third-order valence-corrected chi connectivity index (χ3v) is 8.37. The number of esters is 1. The van der Waals surface area contributed by atoms with Gasteiger partial charge in [-0.05, 0) is 68.0 Å². The number of thiophene rings is 1. The van der Waals surface area contributed by atoms with Crippen LogP contribution in [0.1, 0.15) is 62.4 Å². The molecule has 36 heavy (non-hydrogen) atoms. The van der Waals surface area contributed by atoms with Gasteiger partial charge in [-0.1, -0.05) is 37.1 Å². The number of fused-ring (bicyclic) bond motifs is 1. The van der Waals surface area contributed by atoms with Gasteiger partial charge in [0.2, 0.25) is 5.91 Å². The maximum atomic E-state index is 12.8. The first kappa shape index (κ1) is 26.0. The molecule has 6 nitrogen and oxygen atoms in total. The minimum atomic E-state index is -0.395. The number of ether oxygens (including phenoxy) is 1. The van der Waals surface area contributed by atoms with Gasteiger partial charge >= 0.3 is 5.97 Å². The fourth-order valence-corrected chi connectivity index (χ4v) is 6.38. The first-order valence-electron chi connectivity index (χ1n) is 12.1. The smallest absolute Gasteiger partial charge is 0.341 e. The van der Waals surface area contributed by atoms with Crippen LogP contribution >= 0.6 is 23.1 Å². The van der Waals surface area contributed by atoms with Crippen LogP contribution in [0.5, 0.6) is 0 Å². The zero-order valence-electron chi connectivity index (χ0n) is 20.5. The Labute approximate surface area is 219 Å². The van der Waals surface area contributed by atoms with Crippen LogP contribution in [0.25, 0.3) is 0 Å². The second-order valence-electron chi connectivity index (χ2n) is 8.75. The van der Waals surface area contributed by atoms with Crippen molar-refractivity contribution < 1.29 is 19.1 Å². The number of aryl methyl sites for hydroxylation is 2. The van der Waals surface area contributed by atoms with Crippen LogP contribution in [0.2, 0.25) is 0 Å². The number of thioether (sulfide) groups is 1. The molecule has 4 rings (SSSR count). The summed E-state index contributed by atoms with van der Waals surface area (Å²) >= 11 is 2.87. The van der Waals surface area contributed by atoms with Crippen LogP contribution in [0, 0.1) is 6.92 Å². The van der Waals surface area contributed by atoms with Crippen LogP contribution in [0.4, 0.5) is 10.7 Å². The first-order chi connectivity index (χ1) is 17.5. The van der Waals surface area contributed by atoms with Crippen molar-refractivity contribution >= 4 is 51.6 Å². The summed E-state index contributed by atoms with van der Waals surface area (Å²) in [4.78, 5) is 40.1. The van der Waals surface area contributed by atoms with E-state index in [9.17, 15) is 14.4 Å². The van der Waals surface area contributed by atoms with E-state index in [1.165, 1.54) is 41.5 Å². The zero-order valence-corrected chi connectivity index (χ0v) is 22.2. The molecule has 0 bridgehead atoms. The Bertz CT molecular complexity index is 1270. The monoisotopic (exact) mass is 522 g/mol. The number of hydrogen-bond donors (Lipinski definition) is 2. The van der Waals surface area contributed by atoms with Gasteiger partial charge in [0, 0.05) is 21.0 Å². The lowest BCUT2D eigenvalue weighted by Crippen LogP contribution is -2.16. The molecule has 0 saturated heterocycles. The molecule has 2 aromatic carbocycles. The van der Waals surface area contributed by atoms with Crippen molar-refractivity contribution in [2.45, 2.75) is 50.3 Å². The fourth-order valence-electron chi connectivity index (χ4n) is 4.33. The van der Waals surface area contributed by atoms with Crippen molar-refractivity contribution in [1.29, 1.82) is 0 Å². The van der Waals surface area contributed by atoms with Gasteiger partial charge in [0.1, 0.15) is 5.00 Å². The van der Waals surface area contributed by atoms with E-state index in [4.69, 9.17) is 4.74 Å². The molecule has 0 spiro atoms. The van der Waals surface area contributed by atoms with E-state index in [1.807, 2.05) is 49.4 Å². The number of nitrogens with one attached hydrogen (secondary N) is 2. The summed E-state index contributed by atoms with van der Waals surface area (Å²) in [7, 11) is 1.38. The first-order valence-corrected chi connectivity index (χ1v) is 13.9. The number of benzene rings is 2. The SMILES string of the molecule is COC(=O)c1c(NC(=O)CSc2cccc(NC(=O)c3ccccc3C)c2)sc2c1CCCCCC2. The number of hydrogen-bond acceptors (Lipinski definition) is 6. The van der Waals surface area contributed by atoms with Crippen molar-refractivity contribution in [3.8, 4) is 0 Å². The summed E-state index contributed by atoms with van der Waals surface area (Å²) in [6.07, 6.45) is 6.23. The number of methoxy groups -OCH3 is 1. The molecule has 0 atom stereocenters. The molecule has 0 fully saturated rings. The largest absolute Gasteiger partial charge is 0.465 e. The third-order valence-electron chi connectivity index (χ3n) is 6.17. The van der Waals surface area contributed by atoms with E-state index in [-0.39, 0.29) is 17.6 Å². The number of amides is 2. The van der Waals surface area contributed by atoms with E-state index in [1.54, 1.807) is 6.07 Å². The maximum absolute atomic E-state index is 12.8. The summed E-state index contributed by atoms with van der Waals surface area (Å²) in [6, 6.07) is 14.9. The Morgan fingerprint density at radius 3 is 2.53 bits per heavy atom. The fraction of sp³-hybridized carbons (Fsp3) is 0.321. The number of carbonyl (C=O) groups excluding carboxylic acids is 3. The molecule has 1 aliphatic rings. The van der Waals surface area contributed by atoms with Crippen molar-refractivity contribution in [1.82, 2.24) is 0 Å². The van der Waals surface area contributed by atoms with E-state index < -0.39 is 5.97 Å². The molecule has 0 radical (unpaired) electrons. The predicted octanol–water partition coefficient (Wildman–Crippen LogP) is 6.49. The molecule has 2 amide bonds. The predicted molar refractivity (Wildman–Crippen MR) is 146 cm³/mol. The highest BCUT2D eigenvalue weighted by Crippen LogP contribution is 2.37. The third kappa shape index (κ3) is 6.36. The average molecular weight is 523 g/mol. The molecule has 0 unspecified atom stereocenters. The molecule has 0 saturated carbocycles. The van der Waals surface area contributed by atoms with Gasteiger partial charge in [-0.15, -0.1) is 23.1 Å². The second-order valence-corrected chi connectivity index (χ2v) is 10.9. The summed E-state index contributed by atoms with van der Waals surface area (Å²) in [5.74, 6) is -0.573. The number of anilines is 2. The van der Waals surface area contributed by atoms with Gasteiger partial charge in [0.05, 0.1) is 18.4 Å². The van der Waals surface area contributed by atoms with Crippen LogP contribution in [-0.2, 0) is 22.4 Å². The summed E-state index contributed by atoms with van der Waals surface area (Å²) in [5, 5.41) is 6.47. The molecule has 2 N–H and O–H groups in total. The normalized spacial score (nSPS) is 13.2. The van der Waals surface area contributed by atoms with Gasteiger partial charge < -0.3 is 15.4 Å². The molecule has 1 heterocycles. The van der Waals surface area contributed by atoms with Crippen molar-refractivity contribution in [2.24, 2.45) is 0 Å². The Balaban J connectivity index is 1.41. The topological polar surface area (TPSA) is 84.5 Å². The molecule has 3 aromatic rings. The van der Waals surface area contributed by atoms with Crippen molar-refractivity contribution in [3.63, 3.8) is 0 Å². The molecular weight excluding hydrogens is 492 g/mol. The number of carbonyl (C=O) groups is 3. The minimum Gasteiger partial charge on any atom is -0.465 e. The Kier molecular flexibility index (Phi) is 8.83. The number of rotatable bonds is 7. The van der Waals surface area contributed by atoms with E-state index in [2.05, 4.69) is 10.6 Å². The highest BCUT2D eigenvalue weighted by molar-refractivity contribution is 8.00. The Morgan fingerprint density at radius 1 is 0.972 bits per heavy atom. The molecular formula is C28H30N2O4S2. The zero-order chi connectivity index (χ0) is 25.5. The molecule has 1 aromatic heterocycles. The molecule has 0 aliphatic heterocycles. The van der Waals surface area contributed by atoms with Gasteiger partial charge in [-0.2, -0.15) is 0 Å². The van der Waals surface area contributed by atoms with Crippen molar-refractivity contribution in [3.05, 3.63) is 75.7 Å². The highest BCUT2D eigenvalue weighted by Gasteiger charge is 2.25. The van der Waals surface area contributed by atoms with E-state index >= 15 is 0 Å². The lowest BCUT2D eigenvalue weighted by molar-refractivity contribution is -0.113. The van der Waals surface area contributed by atoms with Crippen LogP contribution in [0.15, 0.2) is 53.4 Å². The van der Waals surface area contributed by atoms with Gasteiger partial charge in [-0.3, -0.25) is 9.59 Å². The summed E-state index contributed by atoms with van der Waals surface area (Å²) < 4.78 is 5.05. The minimum absolute atomic E-state index is 0.170. The lowest BCUT2D eigenvalue weighted by atomic mass is 9.96. The van der Waals surface area contributed by atoms with Gasteiger partial charge in [-0.25, -0.2) is 4.79 Å². The summed E-state index contributed by atoms with van der Waals surface area (Å²) in [6.45, 7) is 1.90. The van der Waals surface area contributed by atoms with Crippen molar-refractivity contribution in [2.75, 3.05) is 23.5 Å². The van der Waals surface area contributed by atoms with Crippen LogP contribution in [0.3, 0.4) is 0 Å². The van der Waals surface area contributed by atoms with E-state index in [0.29, 0.717) is 21.8 Å². The average Bonchev–Trinajstić information content (AvgIpc) is 3.18. The molecule has 1 aliphatic carbocycles. The van der Waals surface area contributed by atoms with Crippen LogP contribution in [-0.4, -0.2) is 30.6 Å². The van der Waals surface area contributed by atoms with Gasteiger partial charge in [0.15, 0.2) is 0 Å². The standard InChI is InChI=1S/C28H30N2O4S2/c1-18-10-7-8-13-21(18)26(32)29-19-11-9-12-20(16-19)35-17-24(31)30-27-25(28(33)34-2)22-14-5-3-4-6-15-23(22)36-27/h7-13,16H,3-6,14-15,17H2,1-2H3,(H,29,32)(H,30,31). The molecule has 188 valence electrons.